The molecule has 1 aliphatic carbocycles. The van der Waals surface area contributed by atoms with Gasteiger partial charge in [-0.05, 0) is 48.9 Å². The van der Waals surface area contributed by atoms with Crippen LogP contribution in [0.4, 0.5) is 0 Å². The Bertz CT molecular complexity index is 329. The minimum atomic E-state index is 1.23. The lowest BCUT2D eigenvalue weighted by Crippen LogP contribution is -1.88. The molecule has 1 aromatic carbocycles. The van der Waals surface area contributed by atoms with Gasteiger partial charge in [-0.2, -0.15) is 0 Å². The fourth-order valence-corrected chi connectivity index (χ4v) is 3.18. The number of rotatable bonds is 0. The first kappa shape index (κ1) is 8.76. The standard InChI is InChI=1S/C10H10Br2/c1-6-9(11)5-7-3-2-4-8(7)10(6)12/h5H,2-4H2,1H3. The van der Waals surface area contributed by atoms with Gasteiger partial charge in [0.05, 0.1) is 0 Å². The van der Waals surface area contributed by atoms with Crippen LogP contribution in [0.15, 0.2) is 15.0 Å². The minimum absolute atomic E-state index is 1.23. The van der Waals surface area contributed by atoms with Crippen molar-refractivity contribution in [2.24, 2.45) is 0 Å². The van der Waals surface area contributed by atoms with E-state index in [2.05, 4.69) is 44.8 Å². The summed E-state index contributed by atoms with van der Waals surface area (Å²) in [7, 11) is 0. The van der Waals surface area contributed by atoms with E-state index < -0.39 is 0 Å². The highest BCUT2D eigenvalue weighted by Crippen LogP contribution is 2.35. The van der Waals surface area contributed by atoms with Crippen LogP contribution in [0.3, 0.4) is 0 Å². The number of hydrogen-bond acceptors (Lipinski definition) is 0. The van der Waals surface area contributed by atoms with Crippen LogP contribution < -0.4 is 0 Å². The number of hydrogen-bond donors (Lipinski definition) is 0. The largest absolute Gasteiger partial charge is 0.0505 e. The first-order chi connectivity index (χ1) is 5.70. The maximum Gasteiger partial charge on any atom is 0.0250 e. The quantitative estimate of drug-likeness (QED) is 0.677. The average Bonchev–Trinajstić information content (AvgIpc) is 2.48. The molecule has 0 N–H and O–H groups in total. The molecule has 1 aromatic rings. The van der Waals surface area contributed by atoms with Crippen molar-refractivity contribution in [1.82, 2.24) is 0 Å². The Balaban J connectivity index is 2.67. The summed E-state index contributed by atoms with van der Waals surface area (Å²) in [6.45, 7) is 2.15. The van der Waals surface area contributed by atoms with Gasteiger partial charge in [0.2, 0.25) is 0 Å². The van der Waals surface area contributed by atoms with Crippen molar-refractivity contribution in [2.75, 3.05) is 0 Å². The fourth-order valence-electron chi connectivity index (χ4n) is 1.77. The van der Waals surface area contributed by atoms with Gasteiger partial charge in [0.15, 0.2) is 0 Å². The molecular formula is C10H10Br2. The van der Waals surface area contributed by atoms with Crippen LogP contribution in [0.1, 0.15) is 23.1 Å². The van der Waals surface area contributed by atoms with Crippen LogP contribution in [0.2, 0.25) is 0 Å². The minimum Gasteiger partial charge on any atom is -0.0505 e. The molecule has 1 aliphatic rings. The molecule has 0 saturated heterocycles. The zero-order valence-electron chi connectivity index (χ0n) is 6.95. The number of benzene rings is 1. The Morgan fingerprint density at radius 2 is 2.00 bits per heavy atom. The summed E-state index contributed by atoms with van der Waals surface area (Å²) in [6.07, 6.45) is 3.79. The molecule has 0 nitrogen and oxygen atoms in total. The van der Waals surface area contributed by atoms with Crippen LogP contribution >= 0.6 is 31.9 Å². The third-order valence-electron chi connectivity index (χ3n) is 2.51. The molecule has 0 bridgehead atoms. The first-order valence-electron chi connectivity index (χ1n) is 4.16. The predicted molar refractivity (Wildman–Crippen MR) is 58.6 cm³/mol. The van der Waals surface area contributed by atoms with E-state index in [1.165, 1.54) is 44.9 Å². The zero-order chi connectivity index (χ0) is 8.72. The molecule has 2 heteroatoms. The summed E-state index contributed by atoms with van der Waals surface area (Å²) < 4.78 is 2.54. The number of halogens is 2. The van der Waals surface area contributed by atoms with Gasteiger partial charge in [0.25, 0.3) is 0 Å². The summed E-state index contributed by atoms with van der Waals surface area (Å²) in [5, 5.41) is 0. The topological polar surface area (TPSA) is 0 Å². The molecule has 2 rings (SSSR count). The molecule has 0 aliphatic heterocycles. The normalized spacial score (nSPS) is 14.9. The predicted octanol–water partition coefficient (Wildman–Crippen LogP) is 4.01. The molecule has 0 aromatic heterocycles. The van der Waals surface area contributed by atoms with Gasteiger partial charge in [-0.3, -0.25) is 0 Å². The van der Waals surface area contributed by atoms with Gasteiger partial charge in [0.1, 0.15) is 0 Å². The summed E-state index contributed by atoms with van der Waals surface area (Å²) in [6, 6.07) is 2.27. The first-order valence-corrected chi connectivity index (χ1v) is 5.75. The fraction of sp³-hybridized carbons (Fsp3) is 0.400. The van der Waals surface area contributed by atoms with E-state index >= 15 is 0 Å². The zero-order valence-corrected chi connectivity index (χ0v) is 10.1. The highest BCUT2D eigenvalue weighted by Gasteiger charge is 2.16. The molecule has 0 amide bonds. The molecule has 0 unspecified atom stereocenters. The van der Waals surface area contributed by atoms with Crippen LogP contribution in [-0.2, 0) is 12.8 Å². The van der Waals surface area contributed by atoms with E-state index in [0.29, 0.717) is 0 Å². The van der Waals surface area contributed by atoms with E-state index in [9.17, 15) is 0 Å². The second-order valence-electron chi connectivity index (χ2n) is 3.29. The van der Waals surface area contributed by atoms with Crippen molar-refractivity contribution in [3.63, 3.8) is 0 Å². The van der Waals surface area contributed by atoms with E-state index in [1.54, 1.807) is 0 Å². The maximum atomic E-state index is 3.65. The van der Waals surface area contributed by atoms with Crippen LogP contribution in [-0.4, -0.2) is 0 Å². The second kappa shape index (κ2) is 3.15. The number of aryl methyl sites for hydroxylation is 1. The molecule has 64 valence electrons. The van der Waals surface area contributed by atoms with Crippen LogP contribution in [0, 0.1) is 6.92 Å². The summed E-state index contributed by atoms with van der Waals surface area (Å²) >= 11 is 7.22. The monoisotopic (exact) mass is 288 g/mol. The van der Waals surface area contributed by atoms with Gasteiger partial charge >= 0.3 is 0 Å². The van der Waals surface area contributed by atoms with E-state index in [0.717, 1.165) is 0 Å². The van der Waals surface area contributed by atoms with Crippen molar-refractivity contribution in [3.05, 3.63) is 31.7 Å². The smallest absolute Gasteiger partial charge is 0.0250 e. The third kappa shape index (κ3) is 1.25. The van der Waals surface area contributed by atoms with E-state index in [-0.39, 0.29) is 0 Å². The van der Waals surface area contributed by atoms with Crippen molar-refractivity contribution in [3.8, 4) is 0 Å². The van der Waals surface area contributed by atoms with Crippen molar-refractivity contribution in [2.45, 2.75) is 26.2 Å². The molecular weight excluding hydrogens is 280 g/mol. The average molecular weight is 290 g/mol. The Kier molecular flexibility index (Phi) is 2.30. The number of fused-ring (bicyclic) bond motifs is 1. The lowest BCUT2D eigenvalue weighted by atomic mass is 10.1. The molecule has 0 heterocycles. The third-order valence-corrected chi connectivity index (χ3v) is 4.41. The molecule has 0 saturated carbocycles. The Morgan fingerprint density at radius 3 is 2.75 bits per heavy atom. The van der Waals surface area contributed by atoms with E-state index in [4.69, 9.17) is 0 Å². The maximum absolute atomic E-state index is 3.65. The SMILES string of the molecule is Cc1c(Br)cc2c(c1Br)CCC2. The van der Waals surface area contributed by atoms with Gasteiger partial charge in [-0.25, -0.2) is 0 Å². The summed E-state index contributed by atoms with van der Waals surface area (Å²) in [5.74, 6) is 0. The summed E-state index contributed by atoms with van der Waals surface area (Å²) in [5.41, 5.74) is 4.37. The van der Waals surface area contributed by atoms with Gasteiger partial charge < -0.3 is 0 Å². The van der Waals surface area contributed by atoms with E-state index in [1.807, 2.05) is 0 Å². The highest BCUT2D eigenvalue weighted by molar-refractivity contribution is 9.11. The van der Waals surface area contributed by atoms with Crippen molar-refractivity contribution >= 4 is 31.9 Å². The molecule has 0 atom stereocenters. The van der Waals surface area contributed by atoms with Crippen molar-refractivity contribution < 1.29 is 0 Å². The molecule has 0 fully saturated rings. The molecule has 0 spiro atoms. The Hall–Kier alpha value is 0.180. The summed E-state index contributed by atoms with van der Waals surface area (Å²) in [4.78, 5) is 0. The second-order valence-corrected chi connectivity index (χ2v) is 4.94. The molecule has 12 heavy (non-hydrogen) atoms. The lowest BCUT2D eigenvalue weighted by Gasteiger charge is -2.07. The van der Waals surface area contributed by atoms with Crippen molar-refractivity contribution in [1.29, 1.82) is 0 Å². The Morgan fingerprint density at radius 1 is 1.25 bits per heavy atom. The molecule has 0 radical (unpaired) electrons. The van der Waals surface area contributed by atoms with Gasteiger partial charge in [-0.1, -0.05) is 31.9 Å². The highest BCUT2D eigenvalue weighted by atomic mass is 79.9. The lowest BCUT2D eigenvalue weighted by molar-refractivity contribution is 0.910. The van der Waals surface area contributed by atoms with Gasteiger partial charge in [-0.15, -0.1) is 0 Å². The van der Waals surface area contributed by atoms with Gasteiger partial charge in [0, 0.05) is 8.95 Å². The van der Waals surface area contributed by atoms with Crippen LogP contribution in [0.5, 0.6) is 0 Å². The van der Waals surface area contributed by atoms with Crippen LogP contribution in [0.25, 0.3) is 0 Å². The Labute approximate surface area is 89.6 Å².